The van der Waals surface area contributed by atoms with Gasteiger partial charge >= 0.3 is 0 Å². The minimum atomic E-state index is -0.310. The van der Waals surface area contributed by atoms with E-state index >= 15 is 0 Å². The lowest BCUT2D eigenvalue weighted by Crippen LogP contribution is -2.13. The second kappa shape index (κ2) is 8.97. The zero-order chi connectivity index (χ0) is 18.8. The molecule has 8 heteroatoms. The molecule has 26 heavy (non-hydrogen) atoms. The average molecular weight is 616 g/mol. The number of hydrogen-bond acceptors (Lipinski definition) is 4. The summed E-state index contributed by atoms with van der Waals surface area (Å²) in [5, 5.41) is 2.60. The van der Waals surface area contributed by atoms with Crippen molar-refractivity contribution in [1.82, 2.24) is 0 Å². The lowest BCUT2D eigenvalue weighted by Gasteiger charge is -2.21. The van der Waals surface area contributed by atoms with Gasteiger partial charge in [-0.3, -0.25) is 0 Å². The molecule has 2 aromatic carbocycles. The summed E-state index contributed by atoms with van der Waals surface area (Å²) in [6.45, 7) is 9.58. The highest BCUT2D eigenvalue weighted by Crippen LogP contribution is 2.51. The maximum atomic E-state index is 5.87. The molecule has 0 fully saturated rings. The van der Waals surface area contributed by atoms with E-state index in [2.05, 4.69) is 76.0 Å². The minimum absolute atomic E-state index is 0.270. The molecular weight excluding hydrogens is 596 g/mol. The van der Waals surface area contributed by atoms with Gasteiger partial charge in [-0.2, -0.15) is 0 Å². The summed E-state index contributed by atoms with van der Waals surface area (Å²) in [6, 6.07) is 8.37. The predicted octanol–water partition coefficient (Wildman–Crippen LogP) is 5.32. The van der Waals surface area contributed by atoms with Crippen molar-refractivity contribution in [1.29, 1.82) is 0 Å². The Morgan fingerprint density at radius 2 is 1.04 bits per heavy atom. The van der Waals surface area contributed by atoms with Crippen LogP contribution in [0.3, 0.4) is 0 Å². The molecule has 4 nitrogen and oxygen atoms in total. The van der Waals surface area contributed by atoms with Crippen LogP contribution in [0.1, 0.15) is 0 Å². The Balaban J connectivity index is 0.000000948. The van der Waals surface area contributed by atoms with Crippen LogP contribution in [0.4, 0.5) is 0 Å². The predicted molar refractivity (Wildman–Crippen MR) is 129 cm³/mol. The van der Waals surface area contributed by atoms with Crippen molar-refractivity contribution in [2.75, 3.05) is 40.2 Å². The highest BCUT2D eigenvalue weighted by molar-refractivity contribution is 15.0. The van der Waals surface area contributed by atoms with Gasteiger partial charge in [-0.15, -0.1) is 0 Å². The molecule has 0 saturated carbocycles. The first-order chi connectivity index (χ1) is 12.6. The third-order valence-electron chi connectivity index (χ3n) is 4.25. The molecule has 0 N–H and O–H groups in total. The Morgan fingerprint density at radius 1 is 0.654 bits per heavy atom. The first-order valence-electron chi connectivity index (χ1n) is 7.92. The first kappa shape index (κ1) is 20.7. The van der Waals surface area contributed by atoms with Crippen LogP contribution < -0.4 is 29.6 Å². The van der Waals surface area contributed by atoms with Crippen LogP contribution in [0.2, 0.25) is 0 Å². The summed E-state index contributed by atoms with van der Waals surface area (Å²) in [5.41, 5.74) is 2.24. The smallest absolute Gasteiger partial charge is 0.231 e. The van der Waals surface area contributed by atoms with E-state index in [-0.39, 0.29) is 29.4 Å². The summed E-state index contributed by atoms with van der Waals surface area (Å²) in [7, 11) is -0.619. The molecule has 0 unspecified atom stereocenters. The number of ether oxygens (including phenoxy) is 4. The third kappa shape index (κ3) is 3.76. The summed E-state index contributed by atoms with van der Waals surface area (Å²) in [4.78, 5) is 0. The second-order valence-electron chi connectivity index (χ2n) is 6.18. The zero-order valence-corrected chi connectivity index (χ0v) is 21.1. The van der Waals surface area contributed by atoms with Crippen LogP contribution >= 0.6 is 53.1 Å². The highest BCUT2D eigenvalue weighted by Gasteiger charge is 2.31. The molecule has 0 aromatic heterocycles. The van der Waals surface area contributed by atoms with Crippen molar-refractivity contribution in [3.63, 3.8) is 0 Å². The molecule has 0 atom stereocenters. The van der Waals surface area contributed by atoms with Crippen LogP contribution in [0, 0.1) is 0 Å². The average Bonchev–Trinajstić information content (AvgIpc) is 3.30. The van der Waals surface area contributed by atoms with E-state index in [1.165, 1.54) is 10.6 Å². The van der Waals surface area contributed by atoms with Gasteiger partial charge in [-0.1, -0.05) is 15.8 Å². The van der Waals surface area contributed by atoms with Crippen LogP contribution in [-0.4, -0.2) is 40.2 Å². The van der Waals surface area contributed by atoms with E-state index in [0.29, 0.717) is 0 Å². The fourth-order valence-electron chi connectivity index (χ4n) is 3.15. The maximum Gasteiger partial charge on any atom is 0.231 e. The highest BCUT2D eigenvalue weighted by atomic mass is 128. The van der Waals surface area contributed by atoms with Gasteiger partial charge in [0, 0.05) is 48.4 Å². The third-order valence-corrected chi connectivity index (χ3v) is 6.92. The lowest BCUT2D eigenvalue weighted by atomic mass is 10.0. The molecule has 2 heterocycles. The number of fused-ring (bicyclic) bond motifs is 2. The summed E-state index contributed by atoms with van der Waals surface area (Å²) in [5.74, 6) is 3.30. The maximum absolute atomic E-state index is 5.87. The van der Waals surface area contributed by atoms with Crippen molar-refractivity contribution in [2.24, 2.45) is 0 Å². The molecule has 0 amide bonds. The van der Waals surface area contributed by atoms with Crippen molar-refractivity contribution in [3.05, 3.63) is 24.3 Å². The van der Waals surface area contributed by atoms with Crippen molar-refractivity contribution in [3.8, 4) is 34.1 Å². The Hall–Kier alpha value is -0.0400. The molecule has 2 aromatic rings. The van der Waals surface area contributed by atoms with E-state index in [1.54, 1.807) is 0 Å². The summed E-state index contributed by atoms with van der Waals surface area (Å²) in [6.07, 6.45) is 0. The Kier molecular flexibility index (Phi) is 7.14. The SMILES string of the molecule is CP(C)c1ccc2c(c1-c1c(P(C)C)ccc3c1OCO3)OCO2.II. The number of hydrogen-bond donors (Lipinski definition) is 0. The fourth-order valence-corrected chi connectivity index (χ4v) is 5.22. The molecule has 2 aliphatic heterocycles. The van der Waals surface area contributed by atoms with E-state index in [9.17, 15) is 0 Å². The largest absolute Gasteiger partial charge is 0.454 e. The van der Waals surface area contributed by atoms with Gasteiger partial charge in [-0.25, -0.2) is 0 Å². The van der Waals surface area contributed by atoms with Gasteiger partial charge in [0.25, 0.3) is 0 Å². The Labute approximate surface area is 180 Å². The van der Waals surface area contributed by atoms with Crippen molar-refractivity contribution < 1.29 is 18.9 Å². The molecule has 0 aliphatic carbocycles. The van der Waals surface area contributed by atoms with Crippen LogP contribution in [-0.2, 0) is 0 Å². The Morgan fingerprint density at radius 3 is 1.38 bits per heavy atom. The molecule has 0 saturated heterocycles. The number of halogens is 2. The molecule has 140 valence electrons. The molecule has 0 radical (unpaired) electrons. The lowest BCUT2D eigenvalue weighted by molar-refractivity contribution is 0.173. The van der Waals surface area contributed by atoms with Crippen molar-refractivity contribution in [2.45, 2.75) is 0 Å². The van der Waals surface area contributed by atoms with Gasteiger partial charge in [0.2, 0.25) is 13.6 Å². The van der Waals surface area contributed by atoms with Gasteiger partial charge < -0.3 is 18.9 Å². The van der Waals surface area contributed by atoms with Gasteiger partial charge in [-0.05, 0) is 61.5 Å². The van der Waals surface area contributed by atoms with Gasteiger partial charge in [0.05, 0.1) is 0 Å². The van der Waals surface area contributed by atoms with Crippen molar-refractivity contribution >= 4 is 63.7 Å². The first-order valence-corrected chi connectivity index (χ1v) is 18.7. The topological polar surface area (TPSA) is 36.9 Å². The van der Waals surface area contributed by atoms with E-state index < -0.39 is 0 Å². The quantitative estimate of drug-likeness (QED) is 0.346. The minimum Gasteiger partial charge on any atom is -0.454 e. The van der Waals surface area contributed by atoms with Crippen LogP contribution in [0.15, 0.2) is 24.3 Å². The Bertz CT molecular complexity index is 745. The molecule has 0 spiro atoms. The van der Waals surface area contributed by atoms with Gasteiger partial charge in [0.1, 0.15) is 0 Å². The zero-order valence-electron chi connectivity index (χ0n) is 15.0. The summed E-state index contributed by atoms with van der Waals surface area (Å²) >= 11 is 4.24. The fraction of sp³-hybridized carbons (Fsp3) is 0.333. The van der Waals surface area contributed by atoms with Gasteiger partial charge in [0.15, 0.2) is 23.0 Å². The van der Waals surface area contributed by atoms with E-state index in [0.717, 1.165) is 34.1 Å². The number of rotatable bonds is 3. The molecular formula is C18H20I2O4P2. The van der Waals surface area contributed by atoms with Crippen LogP contribution in [0.5, 0.6) is 23.0 Å². The standard InChI is InChI=1S/C18H20O4P2.I2/c1-23(2)13-7-5-11-17(21-9-19-11)15(13)16-14(24(3)4)8-6-12-18(16)22-10-20-12;1-2/h5-8H,9-10H2,1-4H3;. The second-order valence-corrected chi connectivity index (χ2v) is 10.7. The summed E-state index contributed by atoms with van der Waals surface area (Å²) < 4.78 is 23.0. The van der Waals surface area contributed by atoms with E-state index in [1.807, 2.05) is 12.1 Å². The molecule has 0 bridgehead atoms. The normalized spacial score (nSPS) is 13.8. The van der Waals surface area contributed by atoms with Crippen LogP contribution in [0.25, 0.3) is 11.1 Å². The number of benzene rings is 2. The molecule has 4 rings (SSSR count). The van der Waals surface area contributed by atoms with E-state index in [4.69, 9.17) is 18.9 Å². The monoisotopic (exact) mass is 616 g/mol. The molecule has 2 aliphatic rings.